The Morgan fingerprint density at radius 1 is 1.45 bits per heavy atom. The van der Waals surface area contributed by atoms with Gasteiger partial charge in [-0.25, -0.2) is 4.98 Å². The van der Waals surface area contributed by atoms with Crippen LogP contribution in [0.5, 0.6) is 0 Å². The minimum absolute atomic E-state index is 0.0797. The number of carbonyl (C=O) groups excluding carboxylic acids is 1. The summed E-state index contributed by atoms with van der Waals surface area (Å²) < 4.78 is 0. The second-order valence-electron chi connectivity index (χ2n) is 4.68. The van der Waals surface area contributed by atoms with Crippen molar-refractivity contribution < 1.29 is 4.79 Å². The molecule has 2 aromatic rings. The molecule has 0 aliphatic carbocycles. The van der Waals surface area contributed by atoms with E-state index in [-0.39, 0.29) is 5.50 Å². The van der Waals surface area contributed by atoms with Crippen molar-refractivity contribution in [2.45, 2.75) is 12.4 Å². The van der Waals surface area contributed by atoms with Crippen LogP contribution in [0.3, 0.4) is 0 Å². The molecule has 0 saturated carbocycles. The van der Waals surface area contributed by atoms with Crippen molar-refractivity contribution in [2.75, 3.05) is 12.4 Å². The van der Waals surface area contributed by atoms with Gasteiger partial charge in [0.2, 0.25) is 6.41 Å². The van der Waals surface area contributed by atoms with Gasteiger partial charge in [-0.1, -0.05) is 11.8 Å². The summed E-state index contributed by atoms with van der Waals surface area (Å²) in [7, 11) is 1.96. The van der Waals surface area contributed by atoms with Crippen LogP contribution in [0.1, 0.15) is 12.6 Å². The lowest BCUT2D eigenvalue weighted by atomic mass is 10.3. The summed E-state index contributed by atoms with van der Waals surface area (Å²) in [5.41, 5.74) is 2.85. The zero-order valence-electron chi connectivity index (χ0n) is 12.1. The third kappa shape index (κ3) is 2.93. The number of allylic oxidation sites excluding steroid dienone is 1. The second-order valence-corrected chi connectivity index (χ2v) is 6.63. The molecule has 0 radical (unpaired) electrons. The number of thiazole rings is 1. The third-order valence-corrected chi connectivity index (χ3v) is 5.47. The van der Waals surface area contributed by atoms with Crippen LogP contribution in [0.15, 0.2) is 35.6 Å². The number of nitrogens with one attached hydrogen (secondary N) is 2. The molecule has 2 N–H and O–H groups in total. The van der Waals surface area contributed by atoms with Crippen molar-refractivity contribution in [3.05, 3.63) is 41.3 Å². The molecular weight excluding hydrogens is 318 g/mol. The lowest BCUT2D eigenvalue weighted by molar-refractivity contribution is -0.110. The van der Waals surface area contributed by atoms with E-state index in [0.717, 1.165) is 33.5 Å². The Bertz CT molecular complexity index is 700. The normalized spacial score (nSPS) is 17.7. The Morgan fingerprint density at radius 3 is 3.05 bits per heavy atom. The van der Waals surface area contributed by atoms with Crippen molar-refractivity contribution in [3.8, 4) is 0 Å². The highest BCUT2D eigenvalue weighted by Gasteiger charge is 2.29. The fourth-order valence-electron chi connectivity index (χ4n) is 2.06. The van der Waals surface area contributed by atoms with Crippen molar-refractivity contribution >= 4 is 45.2 Å². The van der Waals surface area contributed by atoms with Crippen molar-refractivity contribution in [1.29, 1.82) is 0 Å². The van der Waals surface area contributed by atoms with Crippen molar-refractivity contribution in [1.82, 2.24) is 20.2 Å². The fourth-order valence-corrected chi connectivity index (χ4v) is 4.06. The van der Waals surface area contributed by atoms with Gasteiger partial charge in [0.15, 0.2) is 10.6 Å². The highest BCUT2D eigenvalue weighted by Crippen LogP contribution is 2.42. The molecule has 1 unspecified atom stereocenters. The van der Waals surface area contributed by atoms with E-state index in [9.17, 15) is 4.79 Å². The Hall–Kier alpha value is -2.06. The molecule has 114 valence electrons. The number of thioether (sulfide) groups is 1. The average molecular weight is 333 g/mol. The summed E-state index contributed by atoms with van der Waals surface area (Å²) in [6.07, 6.45) is 4.21. The molecule has 8 heteroatoms. The number of aromatic nitrogens is 2. The average Bonchev–Trinajstić information content (AvgIpc) is 3.09. The van der Waals surface area contributed by atoms with Crippen LogP contribution >= 0.6 is 23.1 Å². The lowest BCUT2D eigenvalue weighted by Gasteiger charge is -2.21. The van der Waals surface area contributed by atoms with E-state index < -0.39 is 0 Å². The molecule has 3 heterocycles. The number of anilines is 2. The highest BCUT2D eigenvalue weighted by atomic mass is 32.2. The maximum Gasteiger partial charge on any atom is 0.209 e. The van der Waals surface area contributed by atoms with Crippen LogP contribution in [-0.2, 0) is 4.79 Å². The summed E-state index contributed by atoms with van der Waals surface area (Å²) in [5, 5.41) is 8.86. The van der Waals surface area contributed by atoms with Gasteiger partial charge in [-0.15, -0.1) is 11.3 Å². The molecule has 0 spiro atoms. The summed E-state index contributed by atoms with van der Waals surface area (Å²) in [4.78, 5) is 22.5. The van der Waals surface area contributed by atoms with Gasteiger partial charge < -0.3 is 15.5 Å². The molecule has 0 bridgehead atoms. The number of pyridine rings is 1. The van der Waals surface area contributed by atoms with Crippen LogP contribution in [0.25, 0.3) is 4.91 Å². The second kappa shape index (κ2) is 6.37. The van der Waals surface area contributed by atoms with E-state index in [1.54, 1.807) is 35.5 Å². The number of carbonyl (C=O) groups is 1. The van der Waals surface area contributed by atoms with Crippen LogP contribution in [0.2, 0.25) is 0 Å². The summed E-state index contributed by atoms with van der Waals surface area (Å²) in [6, 6.07) is 3.82. The molecule has 3 rings (SSSR count). The van der Waals surface area contributed by atoms with Gasteiger partial charge in [-0.2, -0.15) is 0 Å². The smallest absolute Gasteiger partial charge is 0.209 e. The topological polar surface area (TPSA) is 70.1 Å². The van der Waals surface area contributed by atoms with Crippen molar-refractivity contribution in [2.24, 2.45) is 0 Å². The van der Waals surface area contributed by atoms with Crippen LogP contribution < -0.4 is 10.6 Å². The number of rotatable bonds is 5. The predicted molar refractivity (Wildman–Crippen MR) is 90.6 cm³/mol. The van der Waals surface area contributed by atoms with Gasteiger partial charge in [0.05, 0.1) is 22.5 Å². The fraction of sp³-hybridized carbons (Fsp3) is 0.214. The van der Waals surface area contributed by atoms with E-state index in [0.29, 0.717) is 0 Å². The Balaban J connectivity index is 1.78. The molecule has 1 aliphatic rings. The van der Waals surface area contributed by atoms with E-state index in [1.165, 1.54) is 0 Å². The molecule has 1 amide bonds. The van der Waals surface area contributed by atoms with Gasteiger partial charge in [0.1, 0.15) is 0 Å². The molecule has 1 atom stereocenters. The lowest BCUT2D eigenvalue weighted by Crippen LogP contribution is -2.35. The van der Waals surface area contributed by atoms with Gasteiger partial charge in [-0.3, -0.25) is 9.78 Å². The Kier molecular flexibility index (Phi) is 4.30. The summed E-state index contributed by atoms with van der Waals surface area (Å²) in [5.74, 6) is 0. The van der Waals surface area contributed by atoms with Crippen LogP contribution in [0, 0.1) is 0 Å². The molecule has 22 heavy (non-hydrogen) atoms. The highest BCUT2D eigenvalue weighted by molar-refractivity contribution is 8.09. The Labute approximate surface area is 136 Å². The van der Waals surface area contributed by atoms with Crippen LogP contribution in [-0.4, -0.2) is 33.8 Å². The zero-order valence-corrected chi connectivity index (χ0v) is 13.7. The molecule has 0 aromatic carbocycles. The first-order valence-corrected chi connectivity index (χ1v) is 8.38. The first-order chi connectivity index (χ1) is 10.7. The maximum absolute atomic E-state index is 10.7. The van der Waals surface area contributed by atoms with Gasteiger partial charge in [0.25, 0.3) is 0 Å². The zero-order chi connectivity index (χ0) is 15.5. The SMILES string of the molecule is CC1=C(c2csc(Nc3cccnc3)n2)SC(NC=O)N1C. The number of nitrogens with zero attached hydrogens (tertiary/aromatic N) is 3. The number of hydrogen-bond donors (Lipinski definition) is 2. The summed E-state index contributed by atoms with van der Waals surface area (Å²) in [6.45, 7) is 2.03. The van der Waals surface area contributed by atoms with Gasteiger partial charge in [-0.05, 0) is 19.1 Å². The first-order valence-electron chi connectivity index (χ1n) is 6.62. The quantitative estimate of drug-likeness (QED) is 0.820. The predicted octanol–water partition coefficient (Wildman–Crippen LogP) is 2.68. The van der Waals surface area contributed by atoms with Gasteiger partial charge in [0, 0.05) is 24.3 Å². The number of amides is 1. The third-order valence-electron chi connectivity index (χ3n) is 3.30. The molecule has 1 aliphatic heterocycles. The standard InChI is InChI=1S/C14H15N5OS2/c1-9-12(22-14(16-8-20)19(9)2)11-7-21-13(18-11)17-10-4-3-5-15-6-10/h3-8,14H,1-2H3,(H,16,20)(H,17,18). The molecular formula is C14H15N5OS2. The molecule has 2 aromatic heterocycles. The van der Waals surface area contributed by atoms with E-state index in [1.807, 2.05) is 36.4 Å². The minimum atomic E-state index is -0.0797. The van der Waals surface area contributed by atoms with E-state index in [2.05, 4.69) is 20.6 Å². The first kappa shape index (κ1) is 14.9. The van der Waals surface area contributed by atoms with E-state index >= 15 is 0 Å². The minimum Gasteiger partial charge on any atom is -0.348 e. The maximum atomic E-state index is 10.7. The molecule has 6 nitrogen and oxygen atoms in total. The van der Waals surface area contributed by atoms with E-state index in [4.69, 9.17) is 0 Å². The summed E-state index contributed by atoms with van der Waals surface area (Å²) >= 11 is 3.13. The van der Waals surface area contributed by atoms with Crippen LogP contribution in [0.4, 0.5) is 10.8 Å². The van der Waals surface area contributed by atoms with Gasteiger partial charge >= 0.3 is 0 Å². The Morgan fingerprint density at radius 2 is 2.32 bits per heavy atom. The number of hydrogen-bond acceptors (Lipinski definition) is 7. The largest absolute Gasteiger partial charge is 0.348 e. The monoisotopic (exact) mass is 333 g/mol. The van der Waals surface area contributed by atoms with Crippen molar-refractivity contribution in [3.63, 3.8) is 0 Å². The molecule has 0 saturated heterocycles. The molecule has 0 fully saturated rings.